The summed E-state index contributed by atoms with van der Waals surface area (Å²) in [5, 5.41) is 0. The zero-order valence-electron chi connectivity index (χ0n) is 9.29. The number of hydrogen-bond acceptors (Lipinski definition) is 3. The van der Waals surface area contributed by atoms with Crippen LogP contribution in [0.1, 0.15) is 5.56 Å². The maximum absolute atomic E-state index is 12.0. The third kappa shape index (κ3) is 2.82. The Morgan fingerprint density at radius 3 is 2.35 bits per heavy atom. The van der Waals surface area contributed by atoms with Crippen LogP contribution in [-0.4, -0.2) is 13.4 Å². The molecule has 4 nitrogen and oxygen atoms in total. The van der Waals surface area contributed by atoms with Crippen LogP contribution in [0.5, 0.6) is 0 Å². The number of nitrogens with one attached hydrogen (secondary N) is 1. The minimum atomic E-state index is -3.54. The first-order valence-electron chi connectivity index (χ1n) is 5.08. The Kier molecular flexibility index (Phi) is 3.10. The molecule has 1 N–H and O–H groups in total. The fourth-order valence-electron chi connectivity index (χ4n) is 1.34. The van der Waals surface area contributed by atoms with Crippen LogP contribution in [0.4, 0.5) is 5.82 Å². The molecular weight excluding hydrogens is 236 g/mol. The number of pyridine rings is 1. The van der Waals surface area contributed by atoms with E-state index in [4.69, 9.17) is 0 Å². The van der Waals surface area contributed by atoms with Crippen molar-refractivity contribution in [2.24, 2.45) is 0 Å². The second-order valence-corrected chi connectivity index (χ2v) is 5.32. The lowest BCUT2D eigenvalue weighted by Crippen LogP contribution is -2.13. The molecule has 0 spiro atoms. The summed E-state index contributed by atoms with van der Waals surface area (Å²) < 4.78 is 26.3. The molecule has 0 aliphatic carbocycles. The molecule has 2 rings (SSSR count). The van der Waals surface area contributed by atoms with Crippen molar-refractivity contribution in [3.8, 4) is 0 Å². The van der Waals surface area contributed by atoms with Crippen molar-refractivity contribution in [3.63, 3.8) is 0 Å². The van der Waals surface area contributed by atoms with Gasteiger partial charge in [-0.25, -0.2) is 13.4 Å². The molecule has 5 heteroatoms. The molecule has 0 atom stereocenters. The van der Waals surface area contributed by atoms with Crippen molar-refractivity contribution in [1.82, 2.24) is 4.98 Å². The van der Waals surface area contributed by atoms with Gasteiger partial charge < -0.3 is 0 Å². The Labute approximate surface area is 100 Å². The van der Waals surface area contributed by atoms with Gasteiger partial charge in [-0.05, 0) is 31.2 Å². The number of aromatic nitrogens is 1. The Bertz CT molecular complexity index is 592. The normalized spacial score (nSPS) is 11.1. The van der Waals surface area contributed by atoms with E-state index in [0.717, 1.165) is 5.56 Å². The van der Waals surface area contributed by atoms with Crippen LogP contribution in [0.25, 0.3) is 0 Å². The van der Waals surface area contributed by atoms with Gasteiger partial charge in [0.25, 0.3) is 10.0 Å². The van der Waals surface area contributed by atoms with E-state index < -0.39 is 10.0 Å². The Hall–Kier alpha value is -1.88. The summed E-state index contributed by atoms with van der Waals surface area (Å²) in [6, 6.07) is 11.7. The summed E-state index contributed by atoms with van der Waals surface area (Å²) in [6.07, 6.45) is 1.53. The summed E-state index contributed by atoms with van der Waals surface area (Å²) >= 11 is 0. The zero-order valence-corrected chi connectivity index (χ0v) is 10.1. The van der Waals surface area contributed by atoms with Crippen LogP contribution in [0.2, 0.25) is 0 Å². The SMILES string of the molecule is Cc1ccc(S(=O)(=O)Nc2ccccn2)cc1. The predicted molar refractivity (Wildman–Crippen MR) is 66.2 cm³/mol. The molecule has 0 aliphatic rings. The van der Waals surface area contributed by atoms with Gasteiger partial charge in [0.15, 0.2) is 0 Å². The van der Waals surface area contributed by atoms with Gasteiger partial charge in [0.1, 0.15) is 5.82 Å². The summed E-state index contributed by atoms with van der Waals surface area (Å²) in [5.74, 6) is 0.313. The van der Waals surface area contributed by atoms with Crippen LogP contribution >= 0.6 is 0 Å². The third-order valence-electron chi connectivity index (χ3n) is 2.24. The monoisotopic (exact) mass is 248 g/mol. The van der Waals surface area contributed by atoms with Crippen molar-refractivity contribution in [3.05, 3.63) is 54.2 Å². The van der Waals surface area contributed by atoms with E-state index >= 15 is 0 Å². The minimum absolute atomic E-state index is 0.230. The number of hydrogen-bond donors (Lipinski definition) is 1. The lowest BCUT2D eigenvalue weighted by molar-refractivity contribution is 0.601. The van der Waals surface area contributed by atoms with E-state index in [9.17, 15) is 8.42 Å². The van der Waals surface area contributed by atoms with E-state index in [2.05, 4.69) is 9.71 Å². The fourth-order valence-corrected chi connectivity index (χ4v) is 2.35. The molecule has 88 valence electrons. The second kappa shape index (κ2) is 4.55. The first-order valence-corrected chi connectivity index (χ1v) is 6.57. The Morgan fingerprint density at radius 2 is 1.76 bits per heavy atom. The van der Waals surface area contributed by atoms with Gasteiger partial charge in [-0.3, -0.25) is 4.72 Å². The van der Waals surface area contributed by atoms with Crippen LogP contribution < -0.4 is 4.72 Å². The van der Waals surface area contributed by atoms with Crippen molar-refractivity contribution >= 4 is 15.8 Å². The molecule has 0 saturated heterocycles. The molecular formula is C12H12N2O2S. The second-order valence-electron chi connectivity index (χ2n) is 3.63. The highest BCUT2D eigenvalue weighted by Gasteiger charge is 2.13. The van der Waals surface area contributed by atoms with Crippen molar-refractivity contribution in [2.45, 2.75) is 11.8 Å². The van der Waals surface area contributed by atoms with E-state index in [1.54, 1.807) is 42.5 Å². The number of nitrogens with zero attached hydrogens (tertiary/aromatic N) is 1. The number of benzene rings is 1. The topological polar surface area (TPSA) is 59.1 Å². The number of sulfonamides is 1. The quantitative estimate of drug-likeness (QED) is 0.905. The van der Waals surface area contributed by atoms with Crippen molar-refractivity contribution < 1.29 is 8.42 Å². The molecule has 0 unspecified atom stereocenters. The van der Waals surface area contributed by atoms with Crippen LogP contribution in [-0.2, 0) is 10.0 Å². The third-order valence-corrected chi connectivity index (χ3v) is 3.61. The average Bonchev–Trinajstić information content (AvgIpc) is 2.30. The van der Waals surface area contributed by atoms with Gasteiger partial charge in [-0.15, -0.1) is 0 Å². The molecule has 1 heterocycles. The summed E-state index contributed by atoms with van der Waals surface area (Å²) in [4.78, 5) is 4.15. The zero-order chi connectivity index (χ0) is 12.3. The molecule has 2 aromatic rings. The highest BCUT2D eigenvalue weighted by Crippen LogP contribution is 2.14. The van der Waals surface area contributed by atoms with E-state index in [1.165, 1.54) is 6.20 Å². The maximum Gasteiger partial charge on any atom is 0.263 e. The molecule has 1 aromatic heterocycles. The number of aryl methyl sites for hydroxylation is 1. The molecule has 0 saturated carbocycles. The summed E-state index contributed by atoms with van der Waals surface area (Å²) in [5.41, 5.74) is 1.02. The lowest BCUT2D eigenvalue weighted by Gasteiger charge is -2.06. The van der Waals surface area contributed by atoms with Crippen molar-refractivity contribution in [1.29, 1.82) is 0 Å². The molecule has 1 aromatic carbocycles. The van der Waals surface area contributed by atoms with Crippen molar-refractivity contribution in [2.75, 3.05) is 4.72 Å². The molecule has 0 aliphatic heterocycles. The van der Waals surface area contributed by atoms with E-state index in [1.807, 2.05) is 6.92 Å². The minimum Gasteiger partial charge on any atom is -0.263 e. The van der Waals surface area contributed by atoms with E-state index in [0.29, 0.717) is 5.82 Å². The fraction of sp³-hybridized carbons (Fsp3) is 0.0833. The largest absolute Gasteiger partial charge is 0.263 e. The summed E-state index contributed by atoms with van der Waals surface area (Å²) in [7, 11) is -3.54. The highest BCUT2D eigenvalue weighted by atomic mass is 32.2. The summed E-state index contributed by atoms with van der Waals surface area (Å²) in [6.45, 7) is 1.91. The van der Waals surface area contributed by atoms with Crippen LogP contribution in [0.15, 0.2) is 53.6 Å². The molecule has 0 fully saturated rings. The van der Waals surface area contributed by atoms with Crippen LogP contribution in [0.3, 0.4) is 0 Å². The Balaban J connectivity index is 2.29. The number of rotatable bonds is 3. The van der Waals surface area contributed by atoms with Gasteiger partial charge >= 0.3 is 0 Å². The first kappa shape index (κ1) is 11.6. The van der Waals surface area contributed by atoms with Gasteiger partial charge in [-0.1, -0.05) is 23.8 Å². The van der Waals surface area contributed by atoms with Gasteiger partial charge in [-0.2, -0.15) is 0 Å². The number of anilines is 1. The lowest BCUT2D eigenvalue weighted by atomic mass is 10.2. The molecule has 0 amide bonds. The predicted octanol–water partition coefficient (Wildman–Crippen LogP) is 2.19. The van der Waals surface area contributed by atoms with E-state index in [-0.39, 0.29) is 4.90 Å². The maximum atomic E-state index is 12.0. The van der Waals surface area contributed by atoms with Gasteiger partial charge in [0.2, 0.25) is 0 Å². The smallest absolute Gasteiger partial charge is 0.263 e. The first-order chi connectivity index (χ1) is 8.08. The molecule has 0 bridgehead atoms. The average molecular weight is 248 g/mol. The standard InChI is InChI=1S/C12H12N2O2S/c1-10-5-7-11(8-6-10)17(15,16)14-12-4-2-3-9-13-12/h2-9H,1H3,(H,13,14). The molecule has 0 radical (unpaired) electrons. The van der Waals surface area contributed by atoms with Gasteiger partial charge in [0.05, 0.1) is 4.90 Å². The highest BCUT2D eigenvalue weighted by molar-refractivity contribution is 7.92. The van der Waals surface area contributed by atoms with Gasteiger partial charge in [0, 0.05) is 6.20 Å². The molecule has 17 heavy (non-hydrogen) atoms. The Morgan fingerprint density at radius 1 is 1.06 bits per heavy atom. The van der Waals surface area contributed by atoms with Crippen LogP contribution in [0, 0.1) is 6.92 Å².